The number of rotatable bonds is 6. The minimum Gasteiger partial charge on any atom is -0.450 e. The summed E-state index contributed by atoms with van der Waals surface area (Å²) in [6.45, 7) is 3.64. The number of nitrogens with two attached hydrogens (primary N) is 1. The first kappa shape index (κ1) is 21.4. The van der Waals surface area contributed by atoms with Crippen LogP contribution in [0.25, 0.3) is 0 Å². The average molecular weight is 415 g/mol. The quantitative estimate of drug-likeness (QED) is 0.555. The molecule has 0 saturated carbocycles. The first-order valence-corrected chi connectivity index (χ1v) is 9.90. The van der Waals surface area contributed by atoms with Crippen LogP contribution in [0.1, 0.15) is 25.3 Å². The molecule has 160 valence electrons. The van der Waals surface area contributed by atoms with Gasteiger partial charge in [-0.25, -0.2) is 19.2 Å². The third kappa shape index (κ3) is 6.07. The molecule has 0 radical (unpaired) electrons. The van der Waals surface area contributed by atoms with E-state index in [-0.39, 0.29) is 24.5 Å². The molecule has 3 rings (SSSR count). The highest BCUT2D eigenvalue weighted by Crippen LogP contribution is 2.24. The molecule has 1 fully saturated rings. The van der Waals surface area contributed by atoms with E-state index in [2.05, 4.69) is 15.3 Å². The van der Waals surface area contributed by atoms with E-state index in [9.17, 15) is 9.18 Å². The smallest absolute Gasteiger partial charge is 0.409 e. The van der Waals surface area contributed by atoms with E-state index < -0.39 is 0 Å². The van der Waals surface area contributed by atoms with E-state index in [0.717, 1.165) is 18.4 Å². The zero-order chi connectivity index (χ0) is 21.3. The molecule has 3 N–H and O–H groups in total. The fourth-order valence-electron chi connectivity index (χ4n) is 3.12. The van der Waals surface area contributed by atoms with Gasteiger partial charge in [0.25, 0.3) is 0 Å². The molecular weight excluding hydrogens is 389 g/mol. The van der Waals surface area contributed by atoms with Crippen LogP contribution in [-0.2, 0) is 11.3 Å². The van der Waals surface area contributed by atoms with Gasteiger partial charge in [-0.05, 0) is 38.0 Å². The SMILES string of the molecule is CCOC(=O)N1CCC(NC(N)=NCc2cccnc2Oc2cccc(F)c2)CC1. The number of carbonyl (C=O) groups excluding carboxylic acids is 1. The number of likely N-dealkylation sites (tertiary alicyclic amines) is 1. The summed E-state index contributed by atoms with van der Waals surface area (Å²) in [6.07, 6.45) is 2.84. The number of amides is 1. The summed E-state index contributed by atoms with van der Waals surface area (Å²) in [4.78, 5) is 22.0. The van der Waals surface area contributed by atoms with Crippen molar-refractivity contribution < 1.29 is 18.7 Å². The van der Waals surface area contributed by atoms with Gasteiger partial charge in [0.15, 0.2) is 5.96 Å². The molecule has 0 aliphatic carbocycles. The van der Waals surface area contributed by atoms with E-state index in [1.54, 1.807) is 36.2 Å². The van der Waals surface area contributed by atoms with E-state index in [1.165, 1.54) is 12.1 Å². The van der Waals surface area contributed by atoms with Gasteiger partial charge in [0.2, 0.25) is 5.88 Å². The molecule has 1 aromatic carbocycles. The van der Waals surface area contributed by atoms with E-state index >= 15 is 0 Å². The lowest BCUT2D eigenvalue weighted by Gasteiger charge is -2.31. The van der Waals surface area contributed by atoms with Crippen LogP contribution >= 0.6 is 0 Å². The zero-order valence-corrected chi connectivity index (χ0v) is 16.9. The fourth-order valence-corrected chi connectivity index (χ4v) is 3.12. The third-order valence-electron chi connectivity index (χ3n) is 4.65. The van der Waals surface area contributed by atoms with Crippen molar-refractivity contribution in [2.75, 3.05) is 19.7 Å². The molecule has 2 aromatic rings. The number of hydrogen-bond acceptors (Lipinski definition) is 5. The molecule has 1 amide bonds. The third-order valence-corrected chi connectivity index (χ3v) is 4.65. The number of guanidine groups is 1. The molecule has 1 aliphatic rings. The Morgan fingerprint density at radius 3 is 2.87 bits per heavy atom. The van der Waals surface area contributed by atoms with Crippen molar-refractivity contribution in [1.29, 1.82) is 0 Å². The lowest BCUT2D eigenvalue weighted by atomic mass is 10.1. The Hall–Kier alpha value is -3.36. The largest absolute Gasteiger partial charge is 0.450 e. The number of hydrogen-bond donors (Lipinski definition) is 2. The maximum Gasteiger partial charge on any atom is 0.409 e. The minimum atomic E-state index is -0.384. The summed E-state index contributed by atoms with van der Waals surface area (Å²) in [7, 11) is 0. The summed E-state index contributed by atoms with van der Waals surface area (Å²) in [5.41, 5.74) is 6.77. The number of aromatic nitrogens is 1. The Morgan fingerprint density at radius 2 is 2.13 bits per heavy atom. The van der Waals surface area contributed by atoms with Crippen molar-refractivity contribution in [3.8, 4) is 11.6 Å². The normalized spacial score (nSPS) is 15.0. The average Bonchev–Trinajstić information content (AvgIpc) is 2.74. The molecular formula is C21H26FN5O3. The molecule has 0 atom stereocenters. The number of benzene rings is 1. The molecule has 30 heavy (non-hydrogen) atoms. The number of nitrogens with one attached hydrogen (secondary N) is 1. The van der Waals surface area contributed by atoms with Gasteiger partial charge < -0.3 is 25.4 Å². The van der Waals surface area contributed by atoms with Crippen LogP contribution in [-0.4, -0.2) is 47.7 Å². The van der Waals surface area contributed by atoms with Crippen molar-refractivity contribution in [3.63, 3.8) is 0 Å². The Balaban J connectivity index is 1.54. The number of aliphatic imine (C=N–C) groups is 1. The highest BCUT2D eigenvalue weighted by molar-refractivity contribution is 5.78. The van der Waals surface area contributed by atoms with Crippen molar-refractivity contribution in [2.24, 2.45) is 10.7 Å². The lowest BCUT2D eigenvalue weighted by molar-refractivity contribution is 0.0963. The summed E-state index contributed by atoms with van der Waals surface area (Å²) in [5.74, 6) is 0.636. The van der Waals surface area contributed by atoms with E-state index in [1.807, 2.05) is 6.07 Å². The maximum atomic E-state index is 13.4. The van der Waals surface area contributed by atoms with Crippen LogP contribution in [0.5, 0.6) is 11.6 Å². The van der Waals surface area contributed by atoms with Gasteiger partial charge in [-0.2, -0.15) is 0 Å². The Kier molecular flexibility index (Phi) is 7.42. The molecule has 8 nitrogen and oxygen atoms in total. The molecule has 1 saturated heterocycles. The summed E-state index contributed by atoms with van der Waals surface area (Å²) < 4.78 is 24.1. The molecule has 9 heteroatoms. The number of ether oxygens (including phenoxy) is 2. The van der Waals surface area contributed by atoms with Gasteiger partial charge in [-0.1, -0.05) is 12.1 Å². The monoisotopic (exact) mass is 415 g/mol. The molecule has 2 heterocycles. The highest BCUT2D eigenvalue weighted by atomic mass is 19.1. The second-order valence-corrected chi connectivity index (χ2v) is 6.83. The molecule has 1 aromatic heterocycles. The topological polar surface area (TPSA) is 102 Å². The molecule has 0 unspecified atom stereocenters. The van der Waals surface area contributed by atoms with Gasteiger partial charge in [0.05, 0.1) is 13.2 Å². The summed E-state index contributed by atoms with van der Waals surface area (Å²) in [6, 6.07) is 9.61. The first-order valence-electron chi connectivity index (χ1n) is 9.90. The Bertz CT molecular complexity index is 884. The van der Waals surface area contributed by atoms with E-state index in [0.29, 0.717) is 37.3 Å². The minimum absolute atomic E-state index is 0.135. The van der Waals surface area contributed by atoms with Crippen LogP contribution < -0.4 is 15.8 Å². The van der Waals surface area contributed by atoms with Gasteiger partial charge in [-0.3, -0.25) is 0 Å². The second kappa shape index (κ2) is 10.4. The number of nitrogens with zero attached hydrogens (tertiary/aromatic N) is 3. The Morgan fingerprint density at radius 1 is 1.33 bits per heavy atom. The summed E-state index contributed by atoms with van der Waals surface area (Å²) >= 11 is 0. The van der Waals surface area contributed by atoms with Crippen molar-refractivity contribution in [3.05, 3.63) is 54.0 Å². The highest BCUT2D eigenvalue weighted by Gasteiger charge is 2.23. The fraction of sp³-hybridized carbons (Fsp3) is 0.381. The van der Waals surface area contributed by atoms with Crippen LogP contribution in [0.15, 0.2) is 47.6 Å². The standard InChI is InChI=1S/C21H26FN5O3/c1-2-29-21(28)27-11-8-17(9-12-27)26-20(23)25-14-15-5-4-10-24-19(15)30-18-7-3-6-16(22)13-18/h3-7,10,13,17H,2,8-9,11-12,14H2,1H3,(H3,23,25,26). The molecule has 0 bridgehead atoms. The van der Waals surface area contributed by atoms with Crippen molar-refractivity contribution in [1.82, 2.24) is 15.2 Å². The van der Waals surface area contributed by atoms with Gasteiger partial charge in [-0.15, -0.1) is 0 Å². The van der Waals surface area contributed by atoms with Crippen LogP contribution in [0.4, 0.5) is 9.18 Å². The van der Waals surface area contributed by atoms with Crippen molar-refractivity contribution >= 4 is 12.1 Å². The Labute approximate surface area is 174 Å². The number of piperidine rings is 1. The predicted octanol–water partition coefficient (Wildman–Crippen LogP) is 3.04. The lowest BCUT2D eigenvalue weighted by Crippen LogP contribution is -2.48. The maximum absolute atomic E-state index is 13.4. The van der Waals surface area contributed by atoms with Crippen molar-refractivity contribution in [2.45, 2.75) is 32.4 Å². The zero-order valence-electron chi connectivity index (χ0n) is 16.9. The number of carbonyl (C=O) groups is 1. The van der Waals surface area contributed by atoms with Gasteiger partial charge in [0, 0.05) is 37.0 Å². The van der Waals surface area contributed by atoms with Crippen LogP contribution in [0, 0.1) is 5.82 Å². The van der Waals surface area contributed by atoms with E-state index in [4.69, 9.17) is 15.2 Å². The number of pyridine rings is 1. The van der Waals surface area contributed by atoms with Crippen LogP contribution in [0.2, 0.25) is 0 Å². The van der Waals surface area contributed by atoms with Gasteiger partial charge >= 0.3 is 6.09 Å². The number of halogens is 1. The second-order valence-electron chi connectivity index (χ2n) is 6.83. The molecule has 1 aliphatic heterocycles. The predicted molar refractivity (Wildman–Crippen MR) is 111 cm³/mol. The first-order chi connectivity index (χ1) is 14.5. The summed E-state index contributed by atoms with van der Waals surface area (Å²) in [5, 5.41) is 3.20. The van der Waals surface area contributed by atoms with Gasteiger partial charge in [0.1, 0.15) is 11.6 Å². The molecule has 0 spiro atoms. The van der Waals surface area contributed by atoms with Crippen LogP contribution in [0.3, 0.4) is 0 Å².